The molecule has 3 heteroatoms. The first-order valence-corrected chi connectivity index (χ1v) is 7.94. The second-order valence-corrected chi connectivity index (χ2v) is 6.38. The minimum atomic E-state index is -0.185. The van der Waals surface area contributed by atoms with E-state index >= 15 is 0 Å². The minimum Gasteiger partial charge on any atom is -0.207 e. The van der Waals surface area contributed by atoms with Crippen LogP contribution in [0.4, 0.5) is 4.39 Å². The van der Waals surface area contributed by atoms with E-state index in [9.17, 15) is 4.39 Å². The third-order valence-corrected chi connectivity index (χ3v) is 5.02. The number of halogens is 3. The number of benzene rings is 3. The number of fused-ring (bicyclic) bond motifs is 1. The molecule has 0 nitrogen and oxygen atoms in total. The van der Waals surface area contributed by atoms with Crippen LogP contribution in [-0.2, 0) is 0 Å². The highest BCUT2D eigenvalue weighted by Gasteiger charge is 2.15. The normalized spacial score (nSPS) is 12.6. The number of rotatable bonds is 2. The average molecular weight is 364 g/mol. The van der Waals surface area contributed by atoms with Gasteiger partial charge in [-0.3, -0.25) is 0 Å². The summed E-state index contributed by atoms with van der Waals surface area (Å²) in [4.78, 5) is -0.0743. The molecule has 3 aromatic carbocycles. The van der Waals surface area contributed by atoms with E-state index in [-0.39, 0.29) is 10.6 Å². The van der Waals surface area contributed by atoms with Gasteiger partial charge in [0.25, 0.3) is 0 Å². The summed E-state index contributed by atoms with van der Waals surface area (Å²) in [5.74, 6) is -0.185. The van der Waals surface area contributed by atoms with Crippen molar-refractivity contribution in [2.24, 2.45) is 0 Å². The highest BCUT2D eigenvalue weighted by molar-refractivity contribution is 9.09. The van der Waals surface area contributed by atoms with E-state index in [4.69, 9.17) is 11.6 Å². The summed E-state index contributed by atoms with van der Waals surface area (Å²) in [7, 11) is 0. The zero-order valence-electron chi connectivity index (χ0n) is 11.4. The van der Waals surface area contributed by atoms with Crippen LogP contribution < -0.4 is 0 Å². The second kappa shape index (κ2) is 5.78. The maximum Gasteiger partial charge on any atom is 0.126 e. The summed E-state index contributed by atoms with van der Waals surface area (Å²) < 4.78 is 13.8. The molecule has 106 valence electrons. The zero-order valence-corrected chi connectivity index (χ0v) is 13.7. The molecular weight excluding hydrogens is 351 g/mol. The standard InChI is InChI=1S/C18H13BrClF/c1-11-6-7-12(10-17(11)21)18(19)15-8-9-16(20)14-5-3-2-4-13(14)15/h2-10,18H,1H3. The summed E-state index contributed by atoms with van der Waals surface area (Å²) in [5.41, 5.74) is 2.63. The van der Waals surface area contributed by atoms with Gasteiger partial charge in [0.05, 0.1) is 4.83 Å². The number of hydrogen-bond acceptors (Lipinski definition) is 0. The quantitative estimate of drug-likeness (QED) is 0.460. The van der Waals surface area contributed by atoms with Gasteiger partial charge in [0.15, 0.2) is 0 Å². The Morgan fingerprint density at radius 2 is 1.71 bits per heavy atom. The van der Waals surface area contributed by atoms with Gasteiger partial charge in [-0.15, -0.1) is 0 Å². The van der Waals surface area contributed by atoms with Gasteiger partial charge in [-0.25, -0.2) is 4.39 Å². The van der Waals surface area contributed by atoms with Crippen molar-refractivity contribution in [2.45, 2.75) is 11.8 Å². The Labute approximate surface area is 136 Å². The SMILES string of the molecule is Cc1ccc(C(Br)c2ccc(Cl)c3ccccc23)cc1F. The molecule has 0 aliphatic rings. The third kappa shape index (κ3) is 2.70. The fourth-order valence-electron chi connectivity index (χ4n) is 2.45. The number of alkyl halides is 1. The molecule has 0 saturated heterocycles. The Morgan fingerprint density at radius 3 is 2.43 bits per heavy atom. The molecule has 21 heavy (non-hydrogen) atoms. The van der Waals surface area contributed by atoms with Crippen molar-refractivity contribution in [3.05, 3.63) is 82.1 Å². The van der Waals surface area contributed by atoms with Crippen LogP contribution in [0.25, 0.3) is 10.8 Å². The van der Waals surface area contributed by atoms with Crippen molar-refractivity contribution in [1.29, 1.82) is 0 Å². The molecular formula is C18H13BrClF. The van der Waals surface area contributed by atoms with Gasteiger partial charge in [-0.2, -0.15) is 0 Å². The third-order valence-electron chi connectivity index (χ3n) is 3.67. The first-order chi connectivity index (χ1) is 10.1. The molecule has 0 aromatic heterocycles. The van der Waals surface area contributed by atoms with Crippen LogP contribution in [0.15, 0.2) is 54.6 Å². The topological polar surface area (TPSA) is 0 Å². The Kier molecular flexibility index (Phi) is 4.01. The van der Waals surface area contributed by atoms with Crippen LogP contribution in [0, 0.1) is 12.7 Å². The van der Waals surface area contributed by atoms with Crippen LogP contribution in [0.3, 0.4) is 0 Å². The molecule has 0 fully saturated rings. The molecule has 0 aliphatic heterocycles. The first-order valence-electron chi connectivity index (χ1n) is 6.65. The van der Waals surface area contributed by atoms with Crippen LogP contribution in [0.5, 0.6) is 0 Å². The highest BCUT2D eigenvalue weighted by Crippen LogP contribution is 2.37. The molecule has 3 aromatic rings. The molecule has 0 radical (unpaired) electrons. The average Bonchev–Trinajstić information content (AvgIpc) is 2.50. The second-order valence-electron chi connectivity index (χ2n) is 5.05. The fourth-order valence-corrected chi connectivity index (χ4v) is 3.36. The monoisotopic (exact) mass is 362 g/mol. The summed E-state index contributed by atoms with van der Waals surface area (Å²) in [5, 5.41) is 2.81. The lowest BCUT2D eigenvalue weighted by Crippen LogP contribution is -1.96. The van der Waals surface area contributed by atoms with Gasteiger partial charge in [0, 0.05) is 10.4 Å². The van der Waals surface area contributed by atoms with E-state index < -0.39 is 0 Å². The Balaban J connectivity index is 2.15. The molecule has 3 rings (SSSR count). The molecule has 0 spiro atoms. The summed E-state index contributed by atoms with van der Waals surface area (Å²) in [6.45, 7) is 1.76. The maximum atomic E-state index is 13.8. The molecule has 0 amide bonds. The van der Waals surface area contributed by atoms with E-state index in [1.165, 1.54) is 0 Å². The van der Waals surface area contributed by atoms with Gasteiger partial charge >= 0.3 is 0 Å². The minimum absolute atomic E-state index is 0.0743. The van der Waals surface area contributed by atoms with Gasteiger partial charge in [0.1, 0.15) is 5.82 Å². The van der Waals surface area contributed by atoms with Crippen molar-refractivity contribution in [2.75, 3.05) is 0 Å². The van der Waals surface area contributed by atoms with Crippen molar-refractivity contribution < 1.29 is 4.39 Å². The molecule has 0 bridgehead atoms. The smallest absolute Gasteiger partial charge is 0.126 e. The van der Waals surface area contributed by atoms with Crippen molar-refractivity contribution in [1.82, 2.24) is 0 Å². The van der Waals surface area contributed by atoms with Crippen LogP contribution in [0.1, 0.15) is 21.5 Å². The van der Waals surface area contributed by atoms with Gasteiger partial charge in [0.2, 0.25) is 0 Å². The Morgan fingerprint density at radius 1 is 1.00 bits per heavy atom. The van der Waals surface area contributed by atoms with E-state index in [0.29, 0.717) is 5.56 Å². The molecule has 0 N–H and O–H groups in total. The molecule has 0 saturated carbocycles. The summed E-state index contributed by atoms with van der Waals surface area (Å²) >= 11 is 9.94. The largest absolute Gasteiger partial charge is 0.207 e. The van der Waals surface area contributed by atoms with Crippen molar-refractivity contribution >= 4 is 38.3 Å². The maximum absolute atomic E-state index is 13.8. The molecule has 1 unspecified atom stereocenters. The van der Waals surface area contributed by atoms with Gasteiger partial charge in [-0.05, 0) is 41.1 Å². The van der Waals surface area contributed by atoms with Gasteiger partial charge < -0.3 is 0 Å². The predicted molar refractivity (Wildman–Crippen MR) is 90.9 cm³/mol. The fraction of sp³-hybridized carbons (Fsp3) is 0.111. The molecule has 0 aliphatic carbocycles. The summed E-state index contributed by atoms with van der Waals surface area (Å²) in [6, 6.07) is 17.2. The van der Waals surface area contributed by atoms with Crippen LogP contribution in [-0.4, -0.2) is 0 Å². The van der Waals surface area contributed by atoms with E-state index in [1.54, 1.807) is 19.1 Å². The zero-order chi connectivity index (χ0) is 15.0. The predicted octanol–water partition coefficient (Wildman–Crippen LogP) is 6.43. The molecule has 1 atom stereocenters. The summed E-state index contributed by atoms with van der Waals surface area (Å²) in [6.07, 6.45) is 0. The van der Waals surface area contributed by atoms with Crippen LogP contribution >= 0.6 is 27.5 Å². The van der Waals surface area contributed by atoms with E-state index in [0.717, 1.165) is 26.9 Å². The molecule has 0 heterocycles. The number of aryl methyl sites for hydroxylation is 1. The Bertz CT molecular complexity index is 813. The van der Waals surface area contributed by atoms with Crippen molar-refractivity contribution in [3.63, 3.8) is 0 Å². The van der Waals surface area contributed by atoms with Crippen LogP contribution in [0.2, 0.25) is 5.02 Å². The van der Waals surface area contributed by atoms with E-state index in [1.807, 2.05) is 42.5 Å². The van der Waals surface area contributed by atoms with E-state index in [2.05, 4.69) is 15.9 Å². The van der Waals surface area contributed by atoms with Crippen molar-refractivity contribution in [3.8, 4) is 0 Å². The lowest BCUT2D eigenvalue weighted by Gasteiger charge is -2.15. The first kappa shape index (κ1) is 14.6. The lowest BCUT2D eigenvalue weighted by atomic mass is 9.97. The number of hydrogen-bond donors (Lipinski definition) is 0. The van der Waals surface area contributed by atoms with Gasteiger partial charge in [-0.1, -0.05) is 70.0 Å². The highest BCUT2D eigenvalue weighted by atomic mass is 79.9. The lowest BCUT2D eigenvalue weighted by molar-refractivity contribution is 0.616. The Hall–Kier alpha value is -1.38.